The minimum absolute atomic E-state index is 0.0258. The van der Waals surface area contributed by atoms with Crippen LogP contribution in [-0.2, 0) is 9.57 Å². The molecule has 1 amide bonds. The number of hydrogen-bond acceptors (Lipinski definition) is 11. The number of hydrogen-bond donors (Lipinski definition) is 2. The van der Waals surface area contributed by atoms with Gasteiger partial charge in [0.05, 0.1) is 42.5 Å². The fourth-order valence-electron chi connectivity index (χ4n) is 8.97. The molecule has 0 saturated heterocycles. The van der Waals surface area contributed by atoms with Crippen molar-refractivity contribution in [1.82, 2.24) is 4.90 Å². The molecule has 1 saturated carbocycles. The highest BCUT2D eigenvalue weighted by atomic mass is 16.7. The first kappa shape index (κ1) is 42.1. The van der Waals surface area contributed by atoms with Crippen molar-refractivity contribution in [1.29, 1.82) is 5.26 Å². The van der Waals surface area contributed by atoms with Crippen LogP contribution in [0.25, 0.3) is 0 Å². The molecule has 2 N–H and O–H groups in total. The summed E-state index contributed by atoms with van der Waals surface area (Å²) >= 11 is 0. The van der Waals surface area contributed by atoms with Gasteiger partial charge in [0, 0.05) is 43.7 Å². The first-order valence-electron chi connectivity index (χ1n) is 20.1. The lowest BCUT2D eigenvalue weighted by Crippen LogP contribution is -2.69. The molecule has 12 heteroatoms. The quantitative estimate of drug-likeness (QED) is 0.0536. The third kappa shape index (κ3) is 8.53. The fraction of sp³-hybridized carbons (Fsp3) is 0.435. The van der Waals surface area contributed by atoms with E-state index in [1.165, 1.54) is 7.11 Å². The number of carbonyl (C=O) groups is 2. The summed E-state index contributed by atoms with van der Waals surface area (Å²) in [7, 11) is 3.25. The van der Waals surface area contributed by atoms with Gasteiger partial charge in [0.2, 0.25) is 5.79 Å². The van der Waals surface area contributed by atoms with Gasteiger partial charge in [0.15, 0.2) is 6.29 Å². The summed E-state index contributed by atoms with van der Waals surface area (Å²) in [5.74, 6) is -0.318. The van der Waals surface area contributed by atoms with Crippen LogP contribution in [0.4, 0.5) is 0 Å². The fourth-order valence-corrected chi connectivity index (χ4v) is 8.97. The topological polar surface area (TPSA) is 160 Å². The van der Waals surface area contributed by atoms with Gasteiger partial charge >= 0.3 is 0 Å². The SMILES string of the molecule is C=CCO[C@@]12Oc3ccc(Oc4ccc(OC)c(C=O)c4)cc3[C@H]3[C@H](CCCCO)[C@@H](CCCCO)C=C(C(=NOCC)C[C@@H]1N(C)C(=O)c1ccc(C#N)cc1)[C@H]32. The molecule has 0 unspecified atom stereocenters. The summed E-state index contributed by atoms with van der Waals surface area (Å²) in [6.45, 7) is 6.49. The van der Waals surface area contributed by atoms with Crippen molar-refractivity contribution in [2.24, 2.45) is 22.9 Å². The van der Waals surface area contributed by atoms with Crippen LogP contribution in [0.3, 0.4) is 0 Å². The maximum atomic E-state index is 14.4. The van der Waals surface area contributed by atoms with Crippen LogP contribution in [0, 0.1) is 29.1 Å². The predicted octanol–water partition coefficient (Wildman–Crippen LogP) is 7.60. The molecule has 0 bridgehead atoms. The van der Waals surface area contributed by atoms with E-state index < -0.39 is 17.7 Å². The van der Waals surface area contributed by atoms with Crippen molar-refractivity contribution < 1.29 is 43.6 Å². The highest BCUT2D eigenvalue weighted by Gasteiger charge is 2.65. The Bertz CT molecular complexity index is 2040. The number of aldehydes is 1. The van der Waals surface area contributed by atoms with Crippen LogP contribution in [0.5, 0.6) is 23.0 Å². The van der Waals surface area contributed by atoms with E-state index in [4.69, 9.17) is 28.9 Å². The molecule has 306 valence electrons. The Balaban J connectivity index is 1.56. The second kappa shape index (κ2) is 19.3. The van der Waals surface area contributed by atoms with Crippen molar-refractivity contribution in [2.45, 2.75) is 69.6 Å². The summed E-state index contributed by atoms with van der Waals surface area (Å²) in [5, 5.41) is 33.8. The molecule has 6 rings (SSSR count). The highest BCUT2D eigenvalue weighted by Crippen LogP contribution is 2.62. The predicted molar refractivity (Wildman–Crippen MR) is 218 cm³/mol. The van der Waals surface area contributed by atoms with Crippen LogP contribution in [-0.4, -0.2) is 85.4 Å². The van der Waals surface area contributed by atoms with Gasteiger partial charge in [-0.3, -0.25) is 9.59 Å². The molecule has 3 aromatic carbocycles. The van der Waals surface area contributed by atoms with Crippen LogP contribution in [0.15, 0.2) is 90.1 Å². The molecule has 1 fully saturated rings. The maximum absolute atomic E-state index is 14.4. The summed E-state index contributed by atoms with van der Waals surface area (Å²) in [4.78, 5) is 33.7. The van der Waals surface area contributed by atoms with Gasteiger partial charge in [-0.15, -0.1) is 6.58 Å². The number of fused-ring (bicyclic) bond motifs is 2. The van der Waals surface area contributed by atoms with Gasteiger partial charge in [0.25, 0.3) is 5.91 Å². The summed E-state index contributed by atoms with van der Waals surface area (Å²) in [6.07, 6.45) is 9.42. The number of allylic oxidation sites excluding steroid dienone is 1. The number of amides is 1. The number of ether oxygens (including phenoxy) is 4. The summed E-state index contributed by atoms with van der Waals surface area (Å²) in [6, 6.07) is 18.7. The number of nitrogens with zero attached hydrogens (tertiary/aromatic N) is 3. The monoisotopic (exact) mass is 791 g/mol. The number of methoxy groups -OCH3 is 1. The van der Waals surface area contributed by atoms with Crippen LogP contribution >= 0.6 is 0 Å². The number of unbranched alkanes of at least 4 members (excludes halogenated alkanes) is 2. The Morgan fingerprint density at radius 3 is 2.45 bits per heavy atom. The molecule has 0 spiro atoms. The van der Waals surface area contributed by atoms with E-state index in [1.54, 1.807) is 60.5 Å². The Hall–Kier alpha value is -5.48. The Morgan fingerprint density at radius 1 is 1.05 bits per heavy atom. The maximum Gasteiger partial charge on any atom is 0.254 e. The van der Waals surface area contributed by atoms with E-state index in [2.05, 4.69) is 18.7 Å². The van der Waals surface area contributed by atoms with E-state index in [9.17, 15) is 25.1 Å². The average molecular weight is 792 g/mol. The Labute approximate surface area is 340 Å². The van der Waals surface area contributed by atoms with E-state index in [0.29, 0.717) is 64.8 Å². The first-order chi connectivity index (χ1) is 28.3. The van der Waals surface area contributed by atoms with E-state index in [-0.39, 0.29) is 49.9 Å². The molecular weight excluding hydrogens is 739 g/mol. The van der Waals surface area contributed by atoms with Crippen LogP contribution in [0.2, 0.25) is 0 Å². The highest BCUT2D eigenvalue weighted by molar-refractivity contribution is 6.03. The van der Waals surface area contributed by atoms with E-state index >= 15 is 0 Å². The molecule has 2 aliphatic carbocycles. The lowest BCUT2D eigenvalue weighted by Gasteiger charge is -2.59. The number of carbonyl (C=O) groups excluding carboxylic acids is 2. The zero-order valence-electron chi connectivity index (χ0n) is 33.5. The van der Waals surface area contributed by atoms with Crippen molar-refractivity contribution in [3.63, 3.8) is 0 Å². The standard InChI is InChI=1S/C46H53N3O9/c1-5-23-55-46-42(49(3)45(53)31-15-13-30(28-47)14-16-31)27-39(48-56-6-2)37-25-32(11-7-9-21-50)36(12-8-10-22-51)43(44(37)46)38-26-35(18-20-41(38)58-46)57-34-17-19-40(54-4)33(24-34)29-52/h5,13-20,24-26,29,32,36,42-44,50-51H,1,6-12,21-23,27H2,2-4H3/t32-,36+,42-,43+,44+,46+/m0/s1. The van der Waals surface area contributed by atoms with Crippen LogP contribution in [0.1, 0.15) is 89.6 Å². The smallest absolute Gasteiger partial charge is 0.254 e. The lowest BCUT2D eigenvalue weighted by molar-refractivity contribution is -0.252. The van der Waals surface area contributed by atoms with Crippen LogP contribution < -0.4 is 14.2 Å². The number of oxime groups is 1. The number of rotatable bonds is 19. The number of nitriles is 1. The molecule has 12 nitrogen and oxygen atoms in total. The van der Waals surface area contributed by atoms with Gasteiger partial charge < -0.3 is 38.9 Å². The van der Waals surface area contributed by atoms with E-state index in [1.807, 2.05) is 25.1 Å². The lowest BCUT2D eigenvalue weighted by atomic mass is 9.55. The normalized spacial score (nSPS) is 23.6. The van der Waals surface area contributed by atoms with Crippen molar-refractivity contribution in [2.75, 3.05) is 40.6 Å². The van der Waals surface area contributed by atoms with Gasteiger partial charge in [-0.25, -0.2) is 0 Å². The zero-order valence-corrected chi connectivity index (χ0v) is 33.5. The van der Waals surface area contributed by atoms with E-state index in [0.717, 1.165) is 43.1 Å². The van der Waals surface area contributed by atoms with Gasteiger partial charge in [-0.2, -0.15) is 5.26 Å². The third-order valence-corrected chi connectivity index (χ3v) is 11.6. The van der Waals surface area contributed by atoms with Crippen molar-refractivity contribution in [3.8, 4) is 29.1 Å². The molecule has 6 atom stereocenters. The average Bonchev–Trinajstić information content (AvgIpc) is 3.25. The molecule has 3 aliphatic rings. The first-order valence-corrected chi connectivity index (χ1v) is 20.1. The number of likely N-dealkylation sites (N-methyl/N-ethyl adjacent to an activating group) is 1. The largest absolute Gasteiger partial charge is 0.496 e. The number of aliphatic hydroxyl groups is 2. The van der Waals surface area contributed by atoms with Crippen molar-refractivity contribution in [3.05, 3.63) is 107 Å². The van der Waals surface area contributed by atoms with Gasteiger partial charge in [-0.1, -0.05) is 30.1 Å². The summed E-state index contributed by atoms with van der Waals surface area (Å²) < 4.78 is 25.9. The molecule has 0 aromatic heterocycles. The third-order valence-electron chi connectivity index (χ3n) is 11.6. The van der Waals surface area contributed by atoms with Gasteiger partial charge in [0.1, 0.15) is 35.6 Å². The molecule has 3 aromatic rings. The second-order valence-corrected chi connectivity index (χ2v) is 14.9. The van der Waals surface area contributed by atoms with Gasteiger partial charge in [-0.05, 0) is 111 Å². The molecule has 1 heterocycles. The Kier molecular flexibility index (Phi) is 14.0. The molecule has 1 aliphatic heterocycles. The second-order valence-electron chi connectivity index (χ2n) is 14.9. The molecular formula is C46H53N3O9. The Morgan fingerprint density at radius 2 is 1.78 bits per heavy atom. The minimum Gasteiger partial charge on any atom is -0.496 e. The molecule has 58 heavy (non-hydrogen) atoms. The number of aliphatic hydroxyl groups excluding tert-OH is 2. The number of benzene rings is 3. The minimum atomic E-state index is -1.41. The van der Waals surface area contributed by atoms with Crippen molar-refractivity contribution >= 4 is 17.9 Å². The zero-order chi connectivity index (χ0) is 41.2. The summed E-state index contributed by atoms with van der Waals surface area (Å²) in [5.41, 5.74) is 3.73. The molecule has 0 radical (unpaired) electrons.